The second kappa shape index (κ2) is 11.0. The zero-order chi connectivity index (χ0) is 24.7. The van der Waals surface area contributed by atoms with Crippen molar-refractivity contribution in [2.75, 3.05) is 26.1 Å². The van der Waals surface area contributed by atoms with E-state index >= 15 is 0 Å². The summed E-state index contributed by atoms with van der Waals surface area (Å²) in [4.78, 5) is 11.4. The quantitative estimate of drug-likeness (QED) is 0.375. The van der Waals surface area contributed by atoms with Crippen molar-refractivity contribution < 1.29 is 27.8 Å². The van der Waals surface area contributed by atoms with E-state index in [2.05, 4.69) is 10.0 Å². The van der Waals surface area contributed by atoms with Gasteiger partial charge in [-0.15, -0.1) is 0 Å². The molecule has 0 spiro atoms. The smallest absolute Gasteiger partial charge is 0.335 e. The van der Waals surface area contributed by atoms with Crippen LogP contribution in [-0.4, -0.2) is 40.3 Å². The first-order chi connectivity index (χ1) is 16.2. The van der Waals surface area contributed by atoms with Crippen molar-refractivity contribution in [3.8, 4) is 11.5 Å². The molecule has 3 aromatic rings. The van der Waals surface area contributed by atoms with Crippen molar-refractivity contribution in [1.29, 1.82) is 0 Å². The minimum absolute atomic E-state index is 0.113. The molecule has 0 aliphatic rings. The van der Waals surface area contributed by atoms with E-state index < -0.39 is 22.0 Å². The van der Waals surface area contributed by atoms with Gasteiger partial charge < -0.3 is 19.9 Å². The Labute approximate surface area is 199 Å². The Hall–Kier alpha value is -3.56. The minimum atomic E-state index is -4.02. The molecule has 0 aromatic heterocycles. The third kappa shape index (κ3) is 6.06. The van der Waals surface area contributed by atoms with Crippen LogP contribution in [0.15, 0.2) is 71.6 Å². The number of ether oxygens (including phenoxy) is 2. The fraction of sp³-hybridized carbons (Fsp3) is 0.240. The number of carboxylic acids is 1. The summed E-state index contributed by atoms with van der Waals surface area (Å²) < 4.78 is 39.7. The first kappa shape index (κ1) is 25.1. The molecule has 0 bridgehead atoms. The van der Waals surface area contributed by atoms with Crippen LogP contribution < -0.4 is 19.5 Å². The highest BCUT2D eigenvalue weighted by atomic mass is 32.2. The van der Waals surface area contributed by atoms with E-state index in [4.69, 9.17) is 9.47 Å². The van der Waals surface area contributed by atoms with Gasteiger partial charge in [-0.1, -0.05) is 36.4 Å². The number of anilines is 1. The summed E-state index contributed by atoms with van der Waals surface area (Å²) in [5.74, 6) is 0.0214. The lowest BCUT2D eigenvalue weighted by atomic mass is 10.1. The Bertz CT molecular complexity index is 1250. The molecule has 9 heteroatoms. The SMILES string of the molecule is COc1ccc(CCNc2ccc(C(=O)O)cc2S(=O)(=O)N[C@H](C)c2ccccc2)cc1OC. The molecule has 0 aliphatic carbocycles. The van der Waals surface area contributed by atoms with E-state index in [1.54, 1.807) is 27.2 Å². The van der Waals surface area contributed by atoms with Crippen molar-refractivity contribution in [1.82, 2.24) is 4.72 Å². The number of rotatable bonds is 11. The van der Waals surface area contributed by atoms with Crippen LogP contribution in [0.2, 0.25) is 0 Å². The number of sulfonamides is 1. The Morgan fingerprint density at radius 3 is 2.32 bits per heavy atom. The molecule has 0 fully saturated rings. The second-order valence-corrected chi connectivity index (χ2v) is 9.32. The highest BCUT2D eigenvalue weighted by Gasteiger charge is 2.23. The molecule has 180 valence electrons. The molecule has 34 heavy (non-hydrogen) atoms. The van der Waals surface area contributed by atoms with Crippen LogP contribution in [0.3, 0.4) is 0 Å². The van der Waals surface area contributed by atoms with Gasteiger partial charge in [0.15, 0.2) is 11.5 Å². The van der Waals surface area contributed by atoms with E-state index in [1.807, 2.05) is 42.5 Å². The number of benzene rings is 3. The fourth-order valence-electron chi connectivity index (χ4n) is 3.51. The molecule has 3 rings (SSSR count). The van der Waals surface area contributed by atoms with Gasteiger partial charge in [0.25, 0.3) is 0 Å². The maximum Gasteiger partial charge on any atom is 0.335 e. The topological polar surface area (TPSA) is 114 Å². The number of carbonyl (C=O) groups is 1. The van der Waals surface area contributed by atoms with E-state index in [9.17, 15) is 18.3 Å². The minimum Gasteiger partial charge on any atom is -0.493 e. The number of nitrogens with one attached hydrogen (secondary N) is 2. The molecule has 0 radical (unpaired) electrons. The molecule has 3 N–H and O–H groups in total. The van der Waals surface area contributed by atoms with Gasteiger partial charge in [0.05, 0.1) is 25.5 Å². The van der Waals surface area contributed by atoms with Crippen LogP contribution in [0.4, 0.5) is 5.69 Å². The number of hydrogen-bond donors (Lipinski definition) is 3. The van der Waals surface area contributed by atoms with Gasteiger partial charge in [0.2, 0.25) is 10.0 Å². The molecule has 0 saturated heterocycles. The normalized spacial score (nSPS) is 12.1. The van der Waals surface area contributed by atoms with Gasteiger partial charge in [0.1, 0.15) is 4.90 Å². The van der Waals surface area contributed by atoms with Gasteiger partial charge in [0, 0.05) is 12.6 Å². The molecular formula is C25H28N2O6S. The highest BCUT2D eigenvalue weighted by Crippen LogP contribution is 2.28. The van der Waals surface area contributed by atoms with E-state index in [1.165, 1.54) is 18.2 Å². The molecule has 0 unspecified atom stereocenters. The maximum atomic E-state index is 13.2. The van der Waals surface area contributed by atoms with Gasteiger partial charge in [-0.25, -0.2) is 17.9 Å². The highest BCUT2D eigenvalue weighted by molar-refractivity contribution is 7.89. The van der Waals surface area contributed by atoms with Crippen LogP contribution in [0.5, 0.6) is 11.5 Å². The van der Waals surface area contributed by atoms with E-state index in [0.717, 1.165) is 11.1 Å². The predicted molar refractivity (Wildman–Crippen MR) is 130 cm³/mol. The monoisotopic (exact) mass is 484 g/mol. The molecule has 3 aromatic carbocycles. The number of hydrogen-bond acceptors (Lipinski definition) is 6. The predicted octanol–water partition coefficient (Wildman–Crippen LogP) is 4.10. The summed E-state index contributed by atoms with van der Waals surface area (Å²) in [5, 5.41) is 12.5. The van der Waals surface area contributed by atoms with Gasteiger partial charge in [-0.3, -0.25) is 0 Å². The summed E-state index contributed by atoms with van der Waals surface area (Å²) in [7, 11) is -0.897. The Balaban J connectivity index is 1.82. The Morgan fingerprint density at radius 2 is 1.68 bits per heavy atom. The van der Waals surface area contributed by atoms with Crippen molar-refractivity contribution >= 4 is 21.7 Å². The number of carboxylic acid groups (broad SMARTS) is 1. The fourth-order valence-corrected chi connectivity index (χ4v) is 4.95. The largest absolute Gasteiger partial charge is 0.493 e. The third-order valence-corrected chi connectivity index (χ3v) is 6.91. The van der Waals surface area contributed by atoms with Gasteiger partial charge in [-0.2, -0.15) is 0 Å². The summed E-state index contributed by atoms with van der Waals surface area (Å²) >= 11 is 0. The molecule has 0 amide bonds. The van der Waals surface area contributed by atoms with Crippen molar-refractivity contribution in [2.24, 2.45) is 0 Å². The molecule has 1 atom stereocenters. The van der Waals surface area contributed by atoms with E-state index in [-0.39, 0.29) is 10.5 Å². The first-order valence-corrected chi connectivity index (χ1v) is 12.1. The van der Waals surface area contributed by atoms with Crippen LogP contribution in [0.1, 0.15) is 34.5 Å². The van der Waals surface area contributed by atoms with Gasteiger partial charge >= 0.3 is 5.97 Å². The number of aromatic carboxylic acids is 1. The first-order valence-electron chi connectivity index (χ1n) is 10.6. The van der Waals surface area contributed by atoms with Crippen molar-refractivity contribution in [3.63, 3.8) is 0 Å². The molecule has 8 nitrogen and oxygen atoms in total. The average molecular weight is 485 g/mol. The summed E-state index contributed by atoms with van der Waals surface area (Å²) in [5.41, 5.74) is 1.97. The summed E-state index contributed by atoms with van der Waals surface area (Å²) in [6.45, 7) is 2.15. The van der Waals surface area contributed by atoms with Crippen LogP contribution in [0.25, 0.3) is 0 Å². The maximum absolute atomic E-state index is 13.2. The number of methoxy groups -OCH3 is 2. The lowest BCUT2D eigenvalue weighted by molar-refractivity contribution is 0.0696. The zero-order valence-electron chi connectivity index (χ0n) is 19.2. The molecule has 0 aliphatic heterocycles. The van der Waals surface area contributed by atoms with Crippen LogP contribution >= 0.6 is 0 Å². The molecule has 0 heterocycles. The lowest BCUT2D eigenvalue weighted by Gasteiger charge is -2.18. The zero-order valence-corrected chi connectivity index (χ0v) is 20.1. The summed E-state index contributed by atoms with van der Waals surface area (Å²) in [6, 6.07) is 18.2. The van der Waals surface area contributed by atoms with Crippen LogP contribution in [0, 0.1) is 0 Å². The Morgan fingerprint density at radius 1 is 0.971 bits per heavy atom. The third-order valence-electron chi connectivity index (χ3n) is 5.33. The van der Waals surface area contributed by atoms with Gasteiger partial charge in [-0.05, 0) is 54.8 Å². The second-order valence-electron chi connectivity index (χ2n) is 7.64. The van der Waals surface area contributed by atoms with Crippen LogP contribution in [-0.2, 0) is 16.4 Å². The summed E-state index contributed by atoms with van der Waals surface area (Å²) in [6.07, 6.45) is 0.578. The average Bonchev–Trinajstić information content (AvgIpc) is 2.84. The molecular weight excluding hydrogens is 456 g/mol. The van der Waals surface area contributed by atoms with Crippen molar-refractivity contribution in [2.45, 2.75) is 24.3 Å². The van der Waals surface area contributed by atoms with Crippen molar-refractivity contribution in [3.05, 3.63) is 83.4 Å². The van der Waals surface area contributed by atoms with E-state index in [0.29, 0.717) is 30.2 Å². The lowest BCUT2D eigenvalue weighted by Crippen LogP contribution is -2.28. The standard InChI is InChI=1S/C25H28N2O6S/c1-17(19-7-5-4-6-8-19)27-34(30,31)24-16-20(25(28)29)10-11-21(24)26-14-13-18-9-12-22(32-2)23(15-18)33-3/h4-12,15-17,26-27H,13-14H2,1-3H3,(H,28,29)/t17-/m1/s1. The Kier molecular flexibility index (Phi) is 8.14. The molecule has 0 saturated carbocycles.